The number of nitrogens with one attached hydrogen (secondary N) is 1. The number of hydrogen-bond acceptors (Lipinski definition) is 4. The third-order valence-corrected chi connectivity index (χ3v) is 5.49. The summed E-state index contributed by atoms with van der Waals surface area (Å²) in [5.41, 5.74) is 1.57. The summed E-state index contributed by atoms with van der Waals surface area (Å²) in [6, 6.07) is 13.0. The van der Waals surface area contributed by atoms with Crippen molar-refractivity contribution in [2.75, 3.05) is 19.6 Å². The van der Waals surface area contributed by atoms with Crippen molar-refractivity contribution in [2.45, 2.75) is 38.2 Å². The first-order valence-electron chi connectivity index (χ1n) is 10.4. The van der Waals surface area contributed by atoms with Crippen molar-refractivity contribution >= 4 is 11.8 Å². The molecular formula is C23H27N3O3. The van der Waals surface area contributed by atoms with E-state index in [0.717, 1.165) is 50.2 Å². The van der Waals surface area contributed by atoms with Gasteiger partial charge in [-0.15, -0.1) is 0 Å². The summed E-state index contributed by atoms with van der Waals surface area (Å²) in [6.07, 6.45) is 6.40. The van der Waals surface area contributed by atoms with E-state index in [1.54, 1.807) is 18.3 Å². The largest absolute Gasteiger partial charge is 0.490 e. The minimum atomic E-state index is -0.0978. The number of ether oxygens (including phenoxy) is 1. The molecular weight excluding hydrogens is 366 g/mol. The lowest BCUT2D eigenvalue weighted by Gasteiger charge is -2.32. The number of hydrogen-bond donors (Lipinski definition) is 1. The van der Waals surface area contributed by atoms with E-state index in [0.29, 0.717) is 24.4 Å². The van der Waals surface area contributed by atoms with Crippen LogP contribution >= 0.6 is 0 Å². The van der Waals surface area contributed by atoms with Crippen LogP contribution in [0.4, 0.5) is 0 Å². The first-order chi connectivity index (χ1) is 14.2. The average molecular weight is 393 g/mol. The summed E-state index contributed by atoms with van der Waals surface area (Å²) in [5, 5.41) is 2.92. The second kappa shape index (κ2) is 9.07. The molecule has 1 saturated carbocycles. The second-order valence-electron chi connectivity index (χ2n) is 7.77. The average Bonchev–Trinajstić information content (AvgIpc) is 3.60. The molecule has 0 bridgehead atoms. The van der Waals surface area contributed by atoms with Gasteiger partial charge < -0.3 is 15.0 Å². The van der Waals surface area contributed by atoms with Crippen LogP contribution in [0.3, 0.4) is 0 Å². The minimum absolute atomic E-state index is 0.0978. The lowest BCUT2D eigenvalue weighted by molar-refractivity contribution is -0.134. The number of carbonyl (C=O) groups excluding carboxylic acids is 2. The maximum atomic E-state index is 12.3. The molecule has 1 N–H and O–H groups in total. The van der Waals surface area contributed by atoms with E-state index in [9.17, 15) is 9.59 Å². The zero-order chi connectivity index (χ0) is 20.1. The van der Waals surface area contributed by atoms with Crippen LogP contribution in [0.1, 0.15) is 41.7 Å². The molecule has 1 aromatic heterocycles. The van der Waals surface area contributed by atoms with Crippen molar-refractivity contribution < 1.29 is 14.3 Å². The molecule has 2 aromatic rings. The van der Waals surface area contributed by atoms with Crippen molar-refractivity contribution in [2.24, 2.45) is 5.92 Å². The van der Waals surface area contributed by atoms with E-state index in [1.807, 2.05) is 35.2 Å². The molecule has 2 amide bonds. The fourth-order valence-electron chi connectivity index (χ4n) is 3.61. The molecule has 6 heteroatoms. The van der Waals surface area contributed by atoms with Gasteiger partial charge >= 0.3 is 0 Å². The van der Waals surface area contributed by atoms with Crippen molar-refractivity contribution in [3.05, 3.63) is 59.9 Å². The van der Waals surface area contributed by atoms with Crippen LogP contribution in [0.2, 0.25) is 0 Å². The zero-order valence-electron chi connectivity index (χ0n) is 16.5. The Morgan fingerprint density at radius 1 is 1.03 bits per heavy atom. The first-order valence-corrected chi connectivity index (χ1v) is 10.4. The van der Waals surface area contributed by atoms with E-state index in [-0.39, 0.29) is 17.9 Å². The molecule has 29 heavy (non-hydrogen) atoms. The number of likely N-dealkylation sites (tertiary alicyclic amines) is 1. The SMILES string of the molecule is O=C(NCCc1ccccn1)c1ccc(OC2CCN(C(=O)C3CC3)CC2)cc1. The number of carbonyl (C=O) groups is 2. The summed E-state index contributed by atoms with van der Waals surface area (Å²) >= 11 is 0. The van der Waals surface area contributed by atoms with Gasteiger partial charge in [0, 0.05) is 62.3 Å². The maximum absolute atomic E-state index is 12.3. The number of nitrogens with zero attached hydrogens (tertiary/aromatic N) is 2. The third kappa shape index (κ3) is 5.34. The Balaban J connectivity index is 1.20. The Kier molecular flexibility index (Phi) is 6.08. The van der Waals surface area contributed by atoms with Gasteiger partial charge in [0.2, 0.25) is 5.91 Å². The molecule has 2 fully saturated rings. The molecule has 0 spiro atoms. The van der Waals surface area contributed by atoms with Crippen LogP contribution in [-0.4, -0.2) is 47.4 Å². The number of piperidine rings is 1. The number of rotatable bonds is 7. The van der Waals surface area contributed by atoms with Crippen molar-refractivity contribution in [3.8, 4) is 5.75 Å². The summed E-state index contributed by atoms with van der Waals surface area (Å²) < 4.78 is 6.06. The van der Waals surface area contributed by atoms with Crippen molar-refractivity contribution in [1.82, 2.24) is 15.2 Å². The van der Waals surface area contributed by atoms with E-state index < -0.39 is 0 Å². The van der Waals surface area contributed by atoms with E-state index in [1.165, 1.54) is 0 Å². The highest BCUT2D eigenvalue weighted by Crippen LogP contribution is 2.32. The summed E-state index contributed by atoms with van der Waals surface area (Å²) in [4.78, 5) is 30.6. The minimum Gasteiger partial charge on any atom is -0.490 e. The maximum Gasteiger partial charge on any atom is 0.251 e. The molecule has 1 aliphatic carbocycles. The Bertz CT molecular complexity index is 826. The van der Waals surface area contributed by atoms with Gasteiger partial charge in [-0.3, -0.25) is 14.6 Å². The number of benzene rings is 1. The summed E-state index contributed by atoms with van der Waals surface area (Å²) in [5.74, 6) is 1.28. The fraction of sp³-hybridized carbons (Fsp3) is 0.435. The Labute approximate surface area is 171 Å². The number of amides is 2. The van der Waals surface area contributed by atoms with Gasteiger partial charge in [0.05, 0.1) is 0 Å². The molecule has 2 aliphatic rings. The highest BCUT2D eigenvalue weighted by Gasteiger charge is 2.35. The molecule has 0 radical (unpaired) electrons. The van der Waals surface area contributed by atoms with Gasteiger partial charge in [0.15, 0.2) is 0 Å². The molecule has 6 nitrogen and oxygen atoms in total. The predicted molar refractivity (Wildman–Crippen MR) is 110 cm³/mol. The lowest BCUT2D eigenvalue weighted by atomic mass is 10.1. The van der Waals surface area contributed by atoms with Gasteiger partial charge in [-0.1, -0.05) is 6.07 Å². The second-order valence-corrected chi connectivity index (χ2v) is 7.77. The van der Waals surface area contributed by atoms with Gasteiger partial charge in [0.1, 0.15) is 11.9 Å². The van der Waals surface area contributed by atoms with Crippen LogP contribution in [0.25, 0.3) is 0 Å². The fourth-order valence-corrected chi connectivity index (χ4v) is 3.61. The third-order valence-electron chi connectivity index (χ3n) is 5.49. The van der Waals surface area contributed by atoms with Crippen molar-refractivity contribution in [3.63, 3.8) is 0 Å². The van der Waals surface area contributed by atoms with Gasteiger partial charge in [0.25, 0.3) is 5.91 Å². The highest BCUT2D eigenvalue weighted by molar-refractivity contribution is 5.94. The number of aromatic nitrogens is 1. The molecule has 2 heterocycles. The smallest absolute Gasteiger partial charge is 0.251 e. The van der Waals surface area contributed by atoms with Crippen LogP contribution in [-0.2, 0) is 11.2 Å². The Morgan fingerprint density at radius 3 is 2.45 bits per heavy atom. The predicted octanol–water partition coefficient (Wildman–Crippen LogP) is 2.83. The lowest BCUT2D eigenvalue weighted by Crippen LogP contribution is -2.42. The monoisotopic (exact) mass is 393 g/mol. The molecule has 0 atom stereocenters. The topological polar surface area (TPSA) is 71.5 Å². The zero-order valence-corrected chi connectivity index (χ0v) is 16.5. The summed E-state index contributed by atoms with van der Waals surface area (Å²) in [7, 11) is 0. The quantitative estimate of drug-likeness (QED) is 0.785. The normalized spacial score (nSPS) is 17.0. The van der Waals surface area contributed by atoms with E-state index in [4.69, 9.17) is 4.74 Å². The standard InChI is InChI=1S/C23H27N3O3/c27-22(25-14-10-19-3-1-2-13-24-19)17-6-8-20(9-7-17)29-21-11-15-26(16-12-21)23(28)18-4-5-18/h1-3,6-9,13,18,21H,4-5,10-12,14-16H2,(H,25,27). The van der Waals surface area contributed by atoms with Crippen molar-refractivity contribution in [1.29, 1.82) is 0 Å². The molecule has 0 unspecified atom stereocenters. The van der Waals surface area contributed by atoms with Crippen LogP contribution in [0.5, 0.6) is 5.75 Å². The van der Waals surface area contributed by atoms with Gasteiger partial charge in [-0.25, -0.2) is 0 Å². The van der Waals surface area contributed by atoms with Crippen LogP contribution in [0.15, 0.2) is 48.7 Å². The van der Waals surface area contributed by atoms with E-state index in [2.05, 4.69) is 10.3 Å². The van der Waals surface area contributed by atoms with Crippen LogP contribution < -0.4 is 10.1 Å². The number of pyridine rings is 1. The van der Waals surface area contributed by atoms with Gasteiger partial charge in [-0.05, 0) is 49.2 Å². The molecule has 4 rings (SSSR count). The molecule has 1 aliphatic heterocycles. The van der Waals surface area contributed by atoms with Crippen LogP contribution in [0, 0.1) is 5.92 Å². The molecule has 1 saturated heterocycles. The highest BCUT2D eigenvalue weighted by atomic mass is 16.5. The Morgan fingerprint density at radius 2 is 1.79 bits per heavy atom. The summed E-state index contributed by atoms with van der Waals surface area (Å²) in [6.45, 7) is 2.10. The molecule has 152 valence electrons. The van der Waals surface area contributed by atoms with Gasteiger partial charge in [-0.2, -0.15) is 0 Å². The molecule has 1 aromatic carbocycles. The first kappa shape index (κ1) is 19.4. The Hall–Kier alpha value is -2.89. The van der Waals surface area contributed by atoms with E-state index >= 15 is 0 Å².